The lowest BCUT2D eigenvalue weighted by atomic mass is 9.62. The quantitative estimate of drug-likeness (QED) is 0.500. The second-order valence-corrected chi connectivity index (χ2v) is 7.60. The van der Waals surface area contributed by atoms with Crippen LogP contribution in [0.3, 0.4) is 0 Å². The van der Waals surface area contributed by atoms with Crippen LogP contribution >= 0.6 is 0 Å². The maximum Gasteiger partial charge on any atom is 0.328 e. The molecule has 1 N–H and O–H groups in total. The Kier molecular flexibility index (Phi) is 7.12. The van der Waals surface area contributed by atoms with Crippen LogP contribution in [0.5, 0.6) is 0 Å². The fraction of sp³-hybridized carbons (Fsp3) is 0.650. The largest absolute Gasteiger partial charge is 0.478 e. The molecule has 0 aromatic rings. The van der Waals surface area contributed by atoms with E-state index in [-0.39, 0.29) is 0 Å². The normalized spacial score (nSPS) is 26.4. The lowest BCUT2D eigenvalue weighted by Gasteiger charge is -2.43. The SMILES string of the molecule is CC(/C=C/C=C(\C)CCC1C(C)CCCC1(C)C)=C\C(=O)O. The summed E-state index contributed by atoms with van der Waals surface area (Å²) in [7, 11) is 0. The minimum Gasteiger partial charge on any atom is -0.478 e. The van der Waals surface area contributed by atoms with Crippen molar-refractivity contribution in [2.75, 3.05) is 0 Å². The van der Waals surface area contributed by atoms with E-state index in [1.165, 1.54) is 37.3 Å². The first-order valence-corrected chi connectivity index (χ1v) is 8.47. The number of aliphatic carboxylic acids is 1. The van der Waals surface area contributed by atoms with Crippen LogP contribution in [0.15, 0.2) is 35.5 Å². The molecule has 0 spiro atoms. The van der Waals surface area contributed by atoms with Crippen LogP contribution in [0.25, 0.3) is 0 Å². The molecule has 0 saturated heterocycles. The molecule has 0 aliphatic heterocycles. The van der Waals surface area contributed by atoms with Crippen molar-refractivity contribution < 1.29 is 9.90 Å². The van der Waals surface area contributed by atoms with Crippen LogP contribution in [0, 0.1) is 17.3 Å². The molecule has 0 aromatic carbocycles. The Hall–Kier alpha value is -1.31. The third-order valence-electron chi connectivity index (χ3n) is 5.11. The van der Waals surface area contributed by atoms with Gasteiger partial charge in [-0.2, -0.15) is 0 Å². The van der Waals surface area contributed by atoms with E-state index < -0.39 is 5.97 Å². The monoisotopic (exact) mass is 304 g/mol. The van der Waals surface area contributed by atoms with E-state index in [1.807, 2.05) is 12.2 Å². The maximum atomic E-state index is 10.6. The maximum absolute atomic E-state index is 10.6. The summed E-state index contributed by atoms with van der Waals surface area (Å²) in [5, 5.41) is 8.67. The molecule has 2 nitrogen and oxygen atoms in total. The minimum absolute atomic E-state index is 0.467. The van der Waals surface area contributed by atoms with Crippen LogP contribution in [-0.4, -0.2) is 11.1 Å². The molecule has 1 aliphatic rings. The van der Waals surface area contributed by atoms with Gasteiger partial charge >= 0.3 is 5.97 Å². The summed E-state index contributed by atoms with van der Waals surface area (Å²) in [5.74, 6) is 0.742. The highest BCUT2D eigenvalue weighted by molar-refractivity contribution is 5.81. The van der Waals surface area contributed by atoms with Gasteiger partial charge in [-0.05, 0) is 55.9 Å². The van der Waals surface area contributed by atoms with E-state index in [0.29, 0.717) is 5.41 Å². The molecule has 2 heteroatoms. The number of rotatable bonds is 6. The standard InChI is InChI=1S/C20H32O2/c1-15(8-6-9-16(2)14-19(21)22)11-12-18-17(3)10-7-13-20(18,4)5/h6,8-9,14,17-18H,7,10-13H2,1-5H3,(H,21,22)/b9-6+,15-8+,16-14+. The Balaban J connectivity index is 2.54. The predicted octanol–water partition coefficient (Wildman–Crippen LogP) is 5.76. The Bertz CT molecular complexity index is 466. The molecule has 124 valence electrons. The summed E-state index contributed by atoms with van der Waals surface area (Å²) >= 11 is 0. The average molecular weight is 304 g/mol. The van der Waals surface area contributed by atoms with Gasteiger partial charge < -0.3 is 5.11 Å². The third kappa shape index (κ3) is 6.21. The Morgan fingerprint density at radius 3 is 2.59 bits per heavy atom. The van der Waals surface area contributed by atoms with Gasteiger partial charge in [0, 0.05) is 6.08 Å². The van der Waals surface area contributed by atoms with Crippen LogP contribution in [0.4, 0.5) is 0 Å². The highest BCUT2D eigenvalue weighted by Gasteiger charge is 2.35. The molecule has 0 heterocycles. The summed E-state index contributed by atoms with van der Waals surface area (Å²) in [4.78, 5) is 10.6. The second-order valence-electron chi connectivity index (χ2n) is 7.60. The van der Waals surface area contributed by atoms with E-state index in [2.05, 4.69) is 33.8 Å². The van der Waals surface area contributed by atoms with E-state index in [4.69, 9.17) is 5.11 Å². The Morgan fingerprint density at radius 2 is 2.00 bits per heavy atom. The Morgan fingerprint density at radius 1 is 1.32 bits per heavy atom. The molecule has 0 amide bonds. The van der Waals surface area contributed by atoms with Gasteiger partial charge in [0.05, 0.1) is 0 Å². The molecule has 1 saturated carbocycles. The van der Waals surface area contributed by atoms with E-state index in [9.17, 15) is 4.79 Å². The highest BCUT2D eigenvalue weighted by Crippen LogP contribution is 2.46. The number of allylic oxidation sites excluding steroid dienone is 5. The molecule has 0 radical (unpaired) electrons. The van der Waals surface area contributed by atoms with Crippen molar-refractivity contribution in [3.8, 4) is 0 Å². The van der Waals surface area contributed by atoms with Gasteiger partial charge in [0.1, 0.15) is 0 Å². The van der Waals surface area contributed by atoms with Crippen molar-refractivity contribution in [1.29, 1.82) is 0 Å². The molecular weight excluding hydrogens is 272 g/mol. The van der Waals surface area contributed by atoms with Crippen LogP contribution in [-0.2, 0) is 4.79 Å². The topological polar surface area (TPSA) is 37.3 Å². The van der Waals surface area contributed by atoms with Crippen LogP contribution in [0.2, 0.25) is 0 Å². The molecule has 0 aromatic heterocycles. The molecule has 2 atom stereocenters. The second kappa shape index (κ2) is 8.36. The summed E-state index contributed by atoms with van der Waals surface area (Å²) in [6.07, 6.45) is 13.6. The molecule has 1 rings (SSSR count). The number of carboxylic acids is 1. The first-order chi connectivity index (χ1) is 10.2. The summed E-state index contributed by atoms with van der Waals surface area (Å²) < 4.78 is 0. The first-order valence-electron chi connectivity index (χ1n) is 8.47. The van der Waals surface area contributed by atoms with E-state index in [1.54, 1.807) is 6.92 Å². The minimum atomic E-state index is -0.892. The summed E-state index contributed by atoms with van der Waals surface area (Å²) in [6.45, 7) is 11.2. The van der Waals surface area contributed by atoms with Gasteiger partial charge in [-0.1, -0.05) is 57.4 Å². The van der Waals surface area contributed by atoms with Crippen molar-refractivity contribution >= 4 is 5.97 Å². The van der Waals surface area contributed by atoms with Gasteiger partial charge in [0.15, 0.2) is 0 Å². The molecular formula is C20H32O2. The molecule has 1 aliphatic carbocycles. The average Bonchev–Trinajstić information content (AvgIpc) is 2.36. The number of carboxylic acid groups (broad SMARTS) is 1. The lowest BCUT2D eigenvalue weighted by Crippen LogP contribution is -2.33. The lowest BCUT2D eigenvalue weighted by molar-refractivity contribution is -0.131. The van der Waals surface area contributed by atoms with Gasteiger partial charge in [0.25, 0.3) is 0 Å². The first kappa shape index (κ1) is 18.7. The van der Waals surface area contributed by atoms with Crippen LogP contribution in [0.1, 0.15) is 66.7 Å². The third-order valence-corrected chi connectivity index (χ3v) is 5.11. The molecule has 0 bridgehead atoms. The summed E-state index contributed by atoms with van der Waals surface area (Å²) in [5.41, 5.74) is 2.60. The predicted molar refractivity (Wildman–Crippen MR) is 93.8 cm³/mol. The zero-order chi connectivity index (χ0) is 16.8. The van der Waals surface area contributed by atoms with Gasteiger partial charge in [-0.25, -0.2) is 4.79 Å². The van der Waals surface area contributed by atoms with Crippen molar-refractivity contribution in [2.45, 2.75) is 66.7 Å². The number of carbonyl (C=O) groups is 1. The fourth-order valence-corrected chi connectivity index (χ4v) is 3.79. The van der Waals surface area contributed by atoms with Gasteiger partial charge in [-0.3, -0.25) is 0 Å². The fourth-order valence-electron chi connectivity index (χ4n) is 3.79. The zero-order valence-electron chi connectivity index (χ0n) is 14.9. The van der Waals surface area contributed by atoms with Crippen LogP contribution < -0.4 is 0 Å². The smallest absolute Gasteiger partial charge is 0.328 e. The van der Waals surface area contributed by atoms with Gasteiger partial charge in [-0.15, -0.1) is 0 Å². The molecule has 2 unspecified atom stereocenters. The van der Waals surface area contributed by atoms with Crippen molar-refractivity contribution in [3.05, 3.63) is 35.5 Å². The van der Waals surface area contributed by atoms with Crippen molar-refractivity contribution in [1.82, 2.24) is 0 Å². The van der Waals surface area contributed by atoms with Crippen molar-refractivity contribution in [3.63, 3.8) is 0 Å². The van der Waals surface area contributed by atoms with Gasteiger partial charge in [0.2, 0.25) is 0 Å². The number of hydrogen-bond donors (Lipinski definition) is 1. The molecule has 1 fully saturated rings. The molecule has 22 heavy (non-hydrogen) atoms. The van der Waals surface area contributed by atoms with E-state index in [0.717, 1.165) is 23.8 Å². The highest BCUT2D eigenvalue weighted by atomic mass is 16.4. The summed E-state index contributed by atoms with van der Waals surface area (Å²) in [6, 6.07) is 0. The Labute approximate surface area is 136 Å². The number of hydrogen-bond acceptors (Lipinski definition) is 1. The van der Waals surface area contributed by atoms with Crippen molar-refractivity contribution in [2.24, 2.45) is 17.3 Å². The van der Waals surface area contributed by atoms with E-state index >= 15 is 0 Å². The zero-order valence-corrected chi connectivity index (χ0v) is 14.9.